The maximum absolute atomic E-state index is 11.7. The van der Waals surface area contributed by atoms with Crippen LogP contribution in [-0.4, -0.2) is 5.91 Å². The minimum atomic E-state index is 0.0538. The van der Waals surface area contributed by atoms with Crippen LogP contribution in [0.2, 0.25) is 0 Å². The number of carbonyl (C=O) groups is 1. The van der Waals surface area contributed by atoms with Crippen molar-refractivity contribution in [1.82, 2.24) is 0 Å². The second kappa shape index (κ2) is 4.30. The van der Waals surface area contributed by atoms with E-state index >= 15 is 0 Å². The van der Waals surface area contributed by atoms with Gasteiger partial charge in [-0.25, -0.2) is 0 Å². The molecule has 0 heterocycles. The van der Waals surface area contributed by atoms with E-state index in [4.69, 9.17) is 0 Å². The molecule has 1 aromatic rings. The number of nitrogens with one attached hydrogen (secondary N) is 1. The highest BCUT2D eigenvalue weighted by Crippen LogP contribution is 2.19. The van der Waals surface area contributed by atoms with Gasteiger partial charge in [-0.05, 0) is 43.9 Å². The Kier molecular flexibility index (Phi) is 2.86. The van der Waals surface area contributed by atoms with Crippen molar-refractivity contribution in [3.63, 3.8) is 0 Å². The summed E-state index contributed by atoms with van der Waals surface area (Å²) >= 11 is 0. The molecule has 0 bridgehead atoms. The quantitative estimate of drug-likeness (QED) is 0.782. The van der Waals surface area contributed by atoms with E-state index in [1.165, 1.54) is 0 Å². The molecule has 0 unspecified atom stereocenters. The average Bonchev–Trinajstić information content (AvgIpc) is 2.70. The molecule has 1 aliphatic carbocycles. The molecule has 1 N–H and O–H groups in total. The Hall–Kier alpha value is -1.57. The molecule has 0 radical (unpaired) electrons. The van der Waals surface area contributed by atoms with E-state index in [1.807, 2.05) is 37.3 Å². The van der Waals surface area contributed by atoms with Crippen LogP contribution >= 0.6 is 0 Å². The van der Waals surface area contributed by atoms with E-state index in [0.717, 1.165) is 36.1 Å². The number of aryl methyl sites for hydroxylation is 1. The van der Waals surface area contributed by atoms with Gasteiger partial charge in [0.2, 0.25) is 0 Å². The van der Waals surface area contributed by atoms with Crippen LogP contribution in [0.3, 0.4) is 0 Å². The van der Waals surface area contributed by atoms with Gasteiger partial charge in [-0.2, -0.15) is 0 Å². The normalized spacial score (nSPS) is 14.9. The molecule has 1 aromatic carbocycles. The van der Waals surface area contributed by atoms with Gasteiger partial charge in [0.15, 0.2) is 0 Å². The van der Waals surface area contributed by atoms with Gasteiger partial charge in [0.1, 0.15) is 0 Å². The molecular formula is C13H15NO. The summed E-state index contributed by atoms with van der Waals surface area (Å²) in [5.74, 6) is 0.0538. The van der Waals surface area contributed by atoms with Gasteiger partial charge in [0, 0.05) is 11.3 Å². The van der Waals surface area contributed by atoms with Crippen LogP contribution in [-0.2, 0) is 4.79 Å². The molecule has 1 aliphatic rings. The largest absolute Gasteiger partial charge is 0.322 e. The third-order valence-electron chi connectivity index (χ3n) is 2.61. The molecule has 2 rings (SSSR count). The highest BCUT2D eigenvalue weighted by molar-refractivity contribution is 6.03. The van der Waals surface area contributed by atoms with Crippen molar-refractivity contribution in [1.29, 1.82) is 0 Å². The summed E-state index contributed by atoms with van der Waals surface area (Å²) in [5.41, 5.74) is 2.97. The Labute approximate surface area is 90.0 Å². The van der Waals surface area contributed by atoms with E-state index in [0.29, 0.717) is 0 Å². The predicted molar refractivity (Wildman–Crippen MR) is 61.7 cm³/mol. The summed E-state index contributed by atoms with van der Waals surface area (Å²) in [5, 5.41) is 2.92. The van der Waals surface area contributed by atoms with Gasteiger partial charge in [-0.15, -0.1) is 0 Å². The molecule has 0 aromatic heterocycles. The number of rotatable bonds is 2. The van der Waals surface area contributed by atoms with Crippen LogP contribution in [0.1, 0.15) is 24.8 Å². The Balaban J connectivity index is 2.05. The van der Waals surface area contributed by atoms with E-state index in [-0.39, 0.29) is 5.91 Å². The highest BCUT2D eigenvalue weighted by atomic mass is 16.1. The number of benzene rings is 1. The molecule has 2 nitrogen and oxygen atoms in total. The Bertz CT molecular complexity index is 407. The van der Waals surface area contributed by atoms with E-state index in [9.17, 15) is 4.79 Å². The lowest BCUT2D eigenvalue weighted by Gasteiger charge is -2.06. The van der Waals surface area contributed by atoms with Crippen LogP contribution in [0.5, 0.6) is 0 Å². The molecule has 0 atom stereocenters. The fourth-order valence-electron chi connectivity index (χ4n) is 1.81. The lowest BCUT2D eigenvalue weighted by Crippen LogP contribution is -2.13. The number of hydrogen-bond acceptors (Lipinski definition) is 1. The van der Waals surface area contributed by atoms with Crippen molar-refractivity contribution in [2.75, 3.05) is 5.32 Å². The SMILES string of the molecule is Cc1cccc(NC(=O)C2=CCCC2)c1. The molecule has 0 saturated carbocycles. The molecule has 0 aliphatic heterocycles. The van der Waals surface area contributed by atoms with Gasteiger partial charge in [0.05, 0.1) is 0 Å². The number of allylic oxidation sites excluding steroid dienone is 1. The van der Waals surface area contributed by atoms with Crippen LogP contribution in [0.15, 0.2) is 35.9 Å². The molecule has 0 spiro atoms. The van der Waals surface area contributed by atoms with Crippen molar-refractivity contribution >= 4 is 11.6 Å². The molecule has 0 saturated heterocycles. The third kappa shape index (κ3) is 2.46. The first-order valence-corrected chi connectivity index (χ1v) is 5.33. The van der Waals surface area contributed by atoms with Gasteiger partial charge in [-0.3, -0.25) is 4.79 Å². The van der Waals surface area contributed by atoms with Gasteiger partial charge in [-0.1, -0.05) is 18.2 Å². The first-order chi connectivity index (χ1) is 7.25. The van der Waals surface area contributed by atoms with Gasteiger partial charge in [0.25, 0.3) is 5.91 Å². The van der Waals surface area contributed by atoms with Crippen LogP contribution in [0.25, 0.3) is 0 Å². The lowest BCUT2D eigenvalue weighted by molar-refractivity contribution is -0.112. The van der Waals surface area contributed by atoms with E-state index in [2.05, 4.69) is 5.32 Å². The summed E-state index contributed by atoms with van der Waals surface area (Å²) in [4.78, 5) is 11.7. The number of hydrogen-bond donors (Lipinski definition) is 1. The first kappa shape index (κ1) is 9.97. The van der Waals surface area contributed by atoms with Crippen LogP contribution < -0.4 is 5.32 Å². The zero-order valence-electron chi connectivity index (χ0n) is 8.92. The minimum Gasteiger partial charge on any atom is -0.322 e. The standard InChI is InChI=1S/C13H15NO/c1-10-5-4-8-12(9-10)14-13(15)11-6-2-3-7-11/h4-6,8-9H,2-3,7H2,1H3,(H,14,15). The maximum atomic E-state index is 11.7. The zero-order chi connectivity index (χ0) is 10.7. The van der Waals surface area contributed by atoms with Crippen LogP contribution in [0, 0.1) is 6.92 Å². The summed E-state index contributed by atoms with van der Waals surface area (Å²) in [6.07, 6.45) is 5.09. The molecule has 0 fully saturated rings. The van der Waals surface area contributed by atoms with Gasteiger partial charge < -0.3 is 5.32 Å². The zero-order valence-corrected chi connectivity index (χ0v) is 8.92. The highest BCUT2D eigenvalue weighted by Gasteiger charge is 2.12. The second-order valence-corrected chi connectivity index (χ2v) is 3.95. The van der Waals surface area contributed by atoms with Crippen molar-refractivity contribution < 1.29 is 4.79 Å². The second-order valence-electron chi connectivity index (χ2n) is 3.95. The number of amides is 1. The topological polar surface area (TPSA) is 29.1 Å². The molecular weight excluding hydrogens is 186 g/mol. The van der Waals surface area contributed by atoms with Crippen molar-refractivity contribution in [2.24, 2.45) is 0 Å². The molecule has 15 heavy (non-hydrogen) atoms. The molecule has 2 heteroatoms. The Morgan fingerprint density at radius 2 is 2.27 bits per heavy atom. The van der Waals surface area contributed by atoms with Crippen LogP contribution in [0.4, 0.5) is 5.69 Å². The van der Waals surface area contributed by atoms with E-state index < -0.39 is 0 Å². The fourth-order valence-corrected chi connectivity index (χ4v) is 1.81. The maximum Gasteiger partial charge on any atom is 0.251 e. The summed E-state index contributed by atoms with van der Waals surface area (Å²) in [7, 11) is 0. The summed E-state index contributed by atoms with van der Waals surface area (Å²) in [6.45, 7) is 2.02. The van der Waals surface area contributed by atoms with Crippen molar-refractivity contribution in [3.8, 4) is 0 Å². The first-order valence-electron chi connectivity index (χ1n) is 5.33. The molecule has 78 valence electrons. The van der Waals surface area contributed by atoms with Crippen molar-refractivity contribution in [3.05, 3.63) is 41.5 Å². The summed E-state index contributed by atoms with van der Waals surface area (Å²) < 4.78 is 0. The minimum absolute atomic E-state index is 0.0538. The number of carbonyl (C=O) groups excluding carboxylic acids is 1. The van der Waals surface area contributed by atoms with Crippen molar-refractivity contribution in [2.45, 2.75) is 26.2 Å². The predicted octanol–water partition coefficient (Wildman–Crippen LogP) is 3.04. The Morgan fingerprint density at radius 3 is 2.93 bits per heavy atom. The Morgan fingerprint density at radius 1 is 1.40 bits per heavy atom. The molecule has 1 amide bonds. The monoisotopic (exact) mass is 201 g/mol. The summed E-state index contributed by atoms with van der Waals surface area (Å²) in [6, 6.07) is 7.87. The lowest BCUT2D eigenvalue weighted by atomic mass is 10.2. The number of anilines is 1. The smallest absolute Gasteiger partial charge is 0.251 e. The fraction of sp³-hybridized carbons (Fsp3) is 0.308. The average molecular weight is 201 g/mol. The third-order valence-corrected chi connectivity index (χ3v) is 2.61. The van der Waals surface area contributed by atoms with Gasteiger partial charge >= 0.3 is 0 Å². The van der Waals surface area contributed by atoms with E-state index in [1.54, 1.807) is 0 Å².